The van der Waals surface area contributed by atoms with Crippen molar-refractivity contribution in [3.05, 3.63) is 0 Å². The Balaban J connectivity index is 4.64. The SMILES string of the molecule is CCCC[C@@H](NC(=O)[C@@H](O)[C@H](O)[C@H](O)[C@H](O)CO)C(=O)O. The smallest absolute Gasteiger partial charge is 0.326 e. The number of rotatable bonds is 10. The number of aliphatic hydroxyl groups excluding tert-OH is 5. The monoisotopic (exact) mass is 309 g/mol. The van der Waals surface area contributed by atoms with Gasteiger partial charge in [-0.05, 0) is 6.42 Å². The molecule has 0 fully saturated rings. The fraction of sp³-hybridized carbons (Fsp3) is 0.833. The van der Waals surface area contributed by atoms with Crippen LogP contribution in [0.1, 0.15) is 26.2 Å². The fourth-order valence-corrected chi connectivity index (χ4v) is 1.60. The molecule has 7 N–H and O–H groups in total. The molecule has 5 atom stereocenters. The number of nitrogens with one attached hydrogen (secondary N) is 1. The van der Waals surface area contributed by atoms with Crippen molar-refractivity contribution < 1.29 is 40.2 Å². The van der Waals surface area contributed by atoms with Gasteiger partial charge in [-0.3, -0.25) is 4.79 Å². The van der Waals surface area contributed by atoms with Gasteiger partial charge in [0.2, 0.25) is 0 Å². The number of carbonyl (C=O) groups is 2. The number of aliphatic carboxylic acids is 1. The van der Waals surface area contributed by atoms with Crippen molar-refractivity contribution in [2.75, 3.05) is 6.61 Å². The summed E-state index contributed by atoms with van der Waals surface area (Å²) in [5.41, 5.74) is 0. The second-order valence-corrected chi connectivity index (χ2v) is 4.72. The fourth-order valence-electron chi connectivity index (χ4n) is 1.60. The third kappa shape index (κ3) is 6.36. The van der Waals surface area contributed by atoms with E-state index >= 15 is 0 Å². The number of hydrogen-bond donors (Lipinski definition) is 7. The molecule has 0 radical (unpaired) electrons. The van der Waals surface area contributed by atoms with E-state index in [0.29, 0.717) is 12.8 Å². The minimum atomic E-state index is -2.13. The van der Waals surface area contributed by atoms with Crippen LogP contribution in [0, 0.1) is 0 Å². The highest BCUT2D eigenvalue weighted by molar-refractivity contribution is 5.86. The molecule has 9 nitrogen and oxygen atoms in total. The molecule has 21 heavy (non-hydrogen) atoms. The molecule has 0 saturated carbocycles. The summed E-state index contributed by atoms with van der Waals surface area (Å²) in [5.74, 6) is -2.47. The Morgan fingerprint density at radius 1 is 1.10 bits per heavy atom. The van der Waals surface area contributed by atoms with Gasteiger partial charge in [-0.15, -0.1) is 0 Å². The summed E-state index contributed by atoms with van der Waals surface area (Å²) in [7, 11) is 0. The van der Waals surface area contributed by atoms with Gasteiger partial charge in [0.25, 0.3) is 5.91 Å². The van der Waals surface area contributed by atoms with Crippen LogP contribution in [-0.2, 0) is 9.59 Å². The summed E-state index contributed by atoms with van der Waals surface area (Å²) in [6.45, 7) is 0.965. The van der Waals surface area contributed by atoms with Crippen molar-refractivity contribution in [2.45, 2.75) is 56.6 Å². The van der Waals surface area contributed by atoms with E-state index in [-0.39, 0.29) is 6.42 Å². The van der Waals surface area contributed by atoms with E-state index in [1.54, 1.807) is 0 Å². The first-order valence-corrected chi connectivity index (χ1v) is 6.62. The van der Waals surface area contributed by atoms with E-state index in [2.05, 4.69) is 0 Å². The lowest BCUT2D eigenvalue weighted by Gasteiger charge is -2.26. The number of amides is 1. The molecule has 0 aliphatic heterocycles. The quantitative estimate of drug-likeness (QED) is 0.227. The number of carboxylic acid groups (broad SMARTS) is 1. The average molecular weight is 309 g/mol. The second kappa shape index (κ2) is 9.64. The minimum absolute atomic E-state index is 0.155. The van der Waals surface area contributed by atoms with Crippen LogP contribution < -0.4 is 5.32 Å². The normalized spacial score (nSPS) is 18.4. The maximum absolute atomic E-state index is 11.6. The Hall–Kier alpha value is -1.26. The van der Waals surface area contributed by atoms with Gasteiger partial charge in [0.1, 0.15) is 24.4 Å². The van der Waals surface area contributed by atoms with Gasteiger partial charge in [-0.25, -0.2) is 4.79 Å². The maximum atomic E-state index is 11.6. The van der Waals surface area contributed by atoms with E-state index in [0.717, 1.165) is 0 Å². The van der Waals surface area contributed by atoms with Crippen molar-refractivity contribution in [1.29, 1.82) is 0 Å². The molecule has 0 saturated heterocycles. The molecule has 0 aliphatic carbocycles. The van der Waals surface area contributed by atoms with Crippen LogP contribution in [0.2, 0.25) is 0 Å². The zero-order chi connectivity index (χ0) is 16.6. The lowest BCUT2D eigenvalue weighted by molar-refractivity contribution is -0.153. The summed E-state index contributed by atoms with van der Waals surface area (Å²) in [5, 5.41) is 57.1. The van der Waals surface area contributed by atoms with Gasteiger partial charge in [-0.1, -0.05) is 19.8 Å². The molecule has 9 heteroatoms. The first kappa shape index (κ1) is 19.7. The van der Waals surface area contributed by atoms with Gasteiger partial charge in [0, 0.05) is 0 Å². The van der Waals surface area contributed by atoms with Gasteiger partial charge < -0.3 is 36.0 Å². The lowest BCUT2D eigenvalue weighted by atomic mass is 10.0. The maximum Gasteiger partial charge on any atom is 0.326 e. The van der Waals surface area contributed by atoms with E-state index in [1.807, 2.05) is 12.2 Å². The van der Waals surface area contributed by atoms with Crippen molar-refractivity contribution >= 4 is 11.9 Å². The van der Waals surface area contributed by atoms with Crippen molar-refractivity contribution in [1.82, 2.24) is 5.32 Å². The number of carboxylic acids is 1. The van der Waals surface area contributed by atoms with Crippen molar-refractivity contribution in [3.63, 3.8) is 0 Å². The highest BCUT2D eigenvalue weighted by Crippen LogP contribution is 2.07. The Kier molecular flexibility index (Phi) is 9.06. The number of carbonyl (C=O) groups excluding carboxylic acids is 1. The van der Waals surface area contributed by atoms with E-state index in [4.69, 9.17) is 15.3 Å². The van der Waals surface area contributed by atoms with Crippen molar-refractivity contribution in [3.8, 4) is 0 Å². The van der Waals surface area contributed by atoms with Crippen LogP contribution in [0.5, 0.6) is 0 Å². The zero-order valence-electron chi connectivity index (χ0n) is 11.7. The molecule has 0 spiro atoms. The summed E-state index contributed by atoms with van der Waals surface area (Å²) >= 11 is 0. The number of unbranched alkanes of at least 4 members (excludes halogenated alkanes) is 1. The van der Waals surface area contributed by atoms with Crippen LogP contribution in [0.4, 0.5) is 0 Å². The van der Waals surface area contributed by atoms with Gasteiger partial charge >= 0.3 is 5.97 Å². The molecule has 0 aromatic heterocycles. The zero-order valence-corrected chi connectivity index (χ0v) is 11.7. The van der Waals surface area contributed by atoms with Crippen LogP contribution >= 0.6 is 0 Å². The van der Waals surface area contributed by atoms with Crippen LogP contribution in [0.3, 0.4) is 0 Å². The number of aliphatic hydroxyl groups is 5. The molecule has 0 aromatic carbocycles. The van der Waals surface area contributed by atoms with Gasteiger partial charge in [0.15, 0.2) is 6.10 Å². The Bertz CT molecular complexity index is 337. The van der Waals surface area contributed by atoms with E-state index in [9.17, 15) is 24.9 Å². The molecule has 0 unspecified atom stereocenters. The molecular weight excluding hydrogens is 286 g/mol. The molecule has 0 heterocycles. The first-order valence-electron chi connectivity index (χ1n) is 6.62. The summed E-state index contributed by atoms with van der Waals surface area (Å²) in [4.78, 5) is 22.6. The first-order chi connectivity index (χ1) is 9.76. The number of hydrogen-bond acceptors (Lipinski definition) is 7. The van der Waals surface area contributed by atoms with Gasteiger partial charge in [0.05, 0.1) is 6.61 Å². The Labute approximate surface area is 121 Å². The molecule has 0 aliphatic rings. The predicted molar refractivity (Wildman–Crippen MR) is 70.2 cm³/mol. The highest BCUT2D eigenvalue weighted by Gasteiger charge is 2.35. The molecule has 1 amide bonds. The molecule has 124 valence electrons. The van der Waals surface area contributed by atoms with E-state index in [1.165, 1.54) is 0 Å². The third-order valence-corrected chi connectivity index (χ3v) is 2.98. The predicted octanol–water partition coefficient (Wildman–Crippen LogP) is -2.82. The van der Waals surface area contributed by atoms with Crippen molar-refractivity contribution in [2.24, 2.45) is 0 Å². The lowest BCUT2D eigenvalue weighted by Crippen LogP contribution is -2.54. The standard InChI is InChI=1S/C12H23NO8/c1-2-3-4-6(12(20)21)13-11(19)10(18)9(17)8(16)7(15)5-14/h6-10,14-18H,2-5H2,1H3,(H,13,19)(H,20,21)/t6-,7-,8-,9-,10+/m1/s1. The highest BCUT2D eigenvalue weighted by atomic mass is 16.4. The molecule has 0 aromatic rings. The second-order valence-electron chi connectivity index (χ2n) is 4.72. The third-order valence-electron chi connectivity index (χ3n) is 2.98. The molecule has 0 rings (SSSR count). The van der Waals surface area contributed by atoms with Crippen LogP contribution in [-0.4, -0.2) is 79.6 Å². The molecule has 0 bridgehead atoms. The average Bonchev–Trinajstić information content (AvgIpc) is 2.47. The van der Waals surface area contributed by atoms with Crippen LogP contribution in [0.25, 0.3) is 0 Å². The van der Waals surface area contributed by atoms with Gasteiger partial charge in [-0.2, -0.15) is 0 Å². The summed E-state index contributed by atoms with van der Waals surface area (Å²) in [6.07, 6.45) is -6.47. The Morgan fingerprint density at radius 2 is 1.67 bits per heavy atom. The van der Waals surface area contributed by atoms with Crippen LogP contribution in [0.15, 0.2) is 0 Å². The van der Waals surface area contributed by atoms with E-state index < -0.39 is 48.9 Å². The summed E-state index contributed by atoms with van der Waals surface area (Å²) in [6, 6.07) is -1.22. The minimum Gasteiger partial charge on any atom is -0.480 e. The largest absolute Gasteiger partial charge is 0.480 e. The summed E-state index contributed by atoms with van der Waals surface area (Å²) < 4.78 is 0. The topological polar surface area (TPSA) is 168 Å². The molecular formula is C12H23NO8. The Morgan fingerprint density at radius 3 is 2.10 bits per heavy atom.